The summed E-state index contributed by atoms with van der Waals surface area (Å²) in [5.74, 6) is 1.99. The maximum atomic E-state index is 6.23. The Morgan fingerprint density at radius 3 is 2.76 bits per heavy atom. The molecule has 0 spiro atoms. The van der Waals surface area contributed by atoms with Crippen molar-refractivity contribution < 1.29 is 4.74 Å². The molecule has 2 unspecified atom stereocenters. The molecule has 0 bridgehead atoms. The van der Waals surface area contributed by atoms with E-state index < -0.39 is 0 Å². The molecule has 0 aromatic carbocycles. The fourth-order valence-corrected chi connectivity index (χ4v) is 4.50. The number of hydrogen-bond donors (Lipinski definition) is 1. The Labute approximate surface area is 129 Å². The summed E-state index contributed by atoms with van der Waals surface area (Å²) in [5, 5.41) is 1.01. The van der Waals surface area contributed by atoms with E-state index in [1.165, 1.54) is 16.9 Å². The van der Waals surface area contributed by atoms with Crippen LogP contribution in [-0.2, 0) is 10.3 Å². The Morgan fingerprint density at radius 1 is 1.33 bits per heavy atom. The summed E-state index contributed by atoms with van der Waals surface area (Å²) in [4.78, 5) is 11.7. The Hall–Kier alpha value is -1.20. The number of ether oxygens (including phenoxy) is 1. The molecular formula is C16H23N3OS. The lowest BCUT2D eigenvalue weighted by Gasteiger charge is -2.37. The smallest absolute Gasteiger partial charge is 0.164 e. The monoisotopic (exact) mass is 305 g/mol. The van der Waals surface area contributed by atoms with Crippen LogP contribution in [0.5, 0.6) is 0 Å². The molecule has 114 valence electrons. The lowest BCUT2D eigenvalue weighted by Crippen LogP contribution is -2.36. The van der Waals surface area contributed by atoms with Crippen LogP contribution in [0.2, 0.25) is 0 Å². The van der Waals surface area contributed by atoms with E-state index in [2.05, 4.69) is 25.8 Å². The minimum Gasteiger partial charge on any atom is -0.383 e. The molecule has 4 nitrogen and oxygen atoms in total. The van der Waals surface area contributed by atoms with Gasteiger partial charge in [-0.3, -0.25) is 0 Å². The molecule has 2 atom stereocenters. The van der Waals surface area contributed by atoms with E-state index in [4.69, 9.17) is 15.5 Å². The van der Waals surface area contributed by atoms with Gasteiger partial charge in [0.25, 0.3) is 0 Å². The Morgan fingerprint density at radius 2 is 2.10 bits per heavy atom. The van der Waals surface area contributed by atoms with Crippen molar-refractivity contribution >= 4 is 27.4 Å². The van der Waals surface area contributed by atoms with Crippen molar-refractivity contribution in [2.45, 2.75) is 52.1 Å². The number of nitrogens with zero attached hydrogens (tertiary/aromatic N) is 2. The minimum absolute atomic E-state index is 0.369. The molecule has 21 heavy (non-hydrogen) atoms. The average molecular weight is 305 g/mol. The third-order valence-electron chi connectivity index (χ3n) is 4.81. The fourth-order valence-electron chi connectivity index (χ4n) is 3.47. The van der Waals surface area contributed by atoms with Crippen LogP contribution < -0.4 is 5.73 Å². The number of anilines is 1. The highest BCUT2D eigenvalue weighted by Crippen LogP contribution is 2.43. The van der Waals surface area contributed by atoms with Gasteiger partial charge in [-0.2, -0.15) is 0 Å². The number of methoxy groups -OCH3 is 1. The van der Waals surface area contributed by atoms with Crippen LogP contribution in [0.1, 0.15) is 48.9 Å². The zero-order valence-corrected chi connectivity index (χ0v) is 14.0. The lowest BCUT2D eigenvalue weighted by atomic mass is 9.78. The predicted molar refractivity (Wildman–Crippen MR) is 87.6 cm³/mol. The van der Waals surface area contributed by atoms with Crippen molar-refractivity contribution in [1.29, 1.82) is 0 Å². The molecule has 3 rings (SSSR count). The molecule has 1 saturated carbocycles. The number of nitrogens with two attached hydrogens (primary N) is 1. The van der Waals surface area contributed by atoms with Crippen LogP contribution in [0.15, 0.2) is 0 Å². The molecule has 2 N–H and O–H groups in total. The first-order chi connectivity index (χ1) is 9.97. The van der Waals surface area contributed by atoms with Gasteiger partial charge in [0.1, 0.15) is 16.2 Å². The lowest BCUT2D eigenvalue weighted by molar-refractivity contribution is -0.0642. The van der Waals surface area contributed by atoms with E-state index in [9.17, 15) is 0 Å². The van der Waals surface area contributed by atoms with Gasteiger partial charge in [0.05, 0.1) is 5.39 Å². The third-order valence-corrected chi connectivity index (χ3v) is 5.91. The summed E-state index contributed by atoms with van der Waals surface area (Å²) >= 11 is 1.69. The summed E-state index contributed by atoms with van der Waals surface area (Å²) in [7, 11) is 1.77. The fraction of sp³-hybridized carbons (Fsp3) is 0.625. The molecule has 2 heterocycles. The zero-order valence-electron chi connectivity index (χ0n) is 13.2. The van der Waals surface area contributed by atoms with E-state index >= 15 is 0 Å². The Bertz CT molecular complexity index is 682. The van der Waals surface area contributed by atoms with Gasteiger partial charge in [-0.05, 0) is 44.6 Å². The summed E-state index contributed by atoms with van der Waals surface area (Å²) in [5.41, 5.74) is 7.05. The van der Waals surface area contributed by atoms with Gasteiger partial charge in [0.2, 0.25) is 0 Å². The second kappa shape index (κ2) is 5.21. The number of aryl methyl sites for hydroxylation is 2. The van der Waals surface area contributed by atoms with Crippen molar-refractivity contribution in [3.05, 3.63) is 16.3 Å². The molecule has 2 aromatic heterocycles. The first-order valence-corrected chi connectivity index (χ1v) is 8.37. The van der Waals surface area contributed by atoms with Crippen LogP contribution in [0, 0.1) is 19.8 Å². The number of nitrogen functional groups attached to an aromatic ring is 1. The van der Waals surface area contributed by atoms with E-state index in [1.807, 2.05) is 0 Å². The first kappa shape index (κ1) is 14.7. The highest BCUT2D eigenvalue weighted by molar-refractivity contribution is 7.18. The molecule has 0 amide bonds. The maximum Gasteiger partial charge on any atom is 0.164 e. The molecular weight excluding hydrogens is 282 g/mol. The standard InChI is InChI=1S/C16H23N3OS/c1-9-6-5-7-16(8-9,20-4)15-18-13(17)12-10(2)11(3)21-14(12)19-15/h9H,5-8H2,1-4H3,(H2,17,18,19). The van der Waals surface area contributed by atoms with Crippen LogP contribution in [0.4, 0.5) is 5.82 Å². The zero-order chi connectivity index (χ0) is 15.2. The molecule has 2 aromatic rings. The number of hydrogen-bond acceptors (Lipinski definition) is 5. The first-order valence-electron chi connectivity index (χ1n) is 7.55. The summed E-state index contributed by atoms with van der Waals surface area (Å²) < 4.78 is 5.90. The number of aromatic nitrogens is 2. The van der Waals surface area contributed by atoms with Crippen molar-refractivity contribution in [2.75, 3.05) is 12.8 Å². The molecule has 1 fully saturated rings. The number of thiophene rings is 1. The predicted octanol–water partition coefficient (Wildman–Crippen LogP) is 3.94. The quantitative estimate of drug-likeness (QED) is 0.913. The minimum atomic E-state index is -0.369. The maximum absolute atomic E-state index is 6.23. The van der Waals surface area contributed by atoms with E-state index in [-0.39, 0.29) is 5.60 Å². The van der Waals surface area contributed by atoms with Gasteiger partial charge in [0, 0.05) is 12.0 Å². The summed E-state index contributed by atoms with van der Waals surface area (Å²) in [6, 6.07) is 0. The van der Waals surface area contributed by atoms with Crippen molar-refractivity contribution in [3.63, 3.8) is 0 Å². The highest BCUT2D eigenvalue weighted by Gasteiger charge is 2.40. The Kier molecular flexibility index (Phi) is 3.66. The molecule has 5 heteroatoms. The Balaban J connectivity index is 2.15. The second-order valence-corrected chi connectivity index (χ2v) is 7.50. The van der Waals surface area contributed by atoms with Gasteiger partial charge in [0.15, 0.2) is 5.82 Å². The SMILES string of the molecule is COC1(c2nc(N)c3c(C)c(C)sc3n2)CCCC(C)C1. The average Bonchev–Trinajstić information content (AvgIpc) is 2.74. The molecule has 1 aliphatic rings. The van der Waals surface area contributed by atoms with Crippen LogP contribution >= 0.6 is 11.3 Å². The van der Waals surface area contributed by atoms with E-state index in [0.717, 1.165) is 35.3 Å². The molecule has 1 aliphatic carbocycles. The van der Waals surface area contributed by atoms with E-state index in [0.29, 0.717) is 11.7 Å². The van der Waals surface area contributed by atoms with Crippen molar-refractivity contribution in [3.8, 4) is 0 Å². The number of fused-ring (bicyclic) bond motifs is 1. The van der Waals surface area contributed by atoms with Gasteiger partial charge in [-0.15, -0.1) is 11.3 Å². The van der Waals surface area contributed by atoms with Gasteiger partial charge < -0.3 is 10.5 Å². The van der Waals surface area contributed by atoms with Gasteiger partial charge in [-0.1, -0.05) is 13.3 Å². The van der Waals surface area contributed by atoms with Crippen LogP contribution in [-0.4, -0.2) is 17.1 Å². The normalized spacial score (nSPS) is 26.4. The van der Waals surface area contributed by atoms with Crippen LogP contribution in [0.3, 0.4) is 0 Å². The molecule has 0 saturated heterocycles. The molecule has 0 radical (unpaired) electrons. The topological polar surface area (TPSA) is 61.0 Å². The largest absolute Gasteiger partial charge is 0.383 e. The van der Waals surface area contributed by atoms with Gasteiger partial charge >= 0.3 is 0 Å². The molecule has 0 aliphatic heterocycles. The van der Waals surface area contributed by atoms with Crippen molar-refractivity contribution in [1.82, 2.24) is 9.97 Å². The third kappa shape index (κ3) is 2.32. The summed E-state index contributed by atoms with van der Waals surface area (Å²) in [6.45, 7) is 6.46. The van der Waals surface area contributed by atoms with Gasteiger partial charge in [-0.25, -0.2) is 9.97 Å². The number of rotatable bonds is 2. The van der Waals surface area contributed by atoms with E-state index in [1.54, 1.807) is 18.4 Å². The summed E-state index contributed by atoms with van der Waals surface area (Å²) in [6.07, 6.45) is 4.35. The van der Waals surface area contributed by atoms with Crippen molar-refractivity contribution in [2.24, 2.45) is 5.92 Å². The van der Waals surface area contributed by atoms with Crippen LogP contribution in [0.25, 0.3) is 10.2 Å². The second-order valence-electron chi connectivity index (χ2n) is 6.30. The highest BCUT2D eigenvalue weighted by atomic mass is 32.1.